The Hall–Kier alpha value is -2.07. The molecule has 0 spiro atoms. The lowest BCUT2D eigenvalue weighted by molar-refractivity contribution is -0.122. The van der Waals surface area contributed by atoms with Crippen LogP contribution < -0.4 is 5.32 Å². The highest BCUT2D eigenvalue weighted by molar-refractivity contribution is 5.76. The van der Waals surface area contributed by atoms with Crippen LogP contribution in [0.1, 0.15) is 17.0 Å². The number of carbonyl (C=O) groups excluding carboxylic acids is 1. The molecule has 0 aliphatic heterocycles. The number of carbonyl (C=O) groups is 1. The van der Waals surface area contributed by atoms with Crippen molar-refractivity contribution in [1.29, 1.82) is 0 Å². The largest absolute Gasteiger partial charge is 0.394 e. The summed E-state index contributed by atoms with van der Waals surface area (Å²) in [5.41, 5.74) is 3.22. The molecule has 2 N–H and O–H groups in total. The standard InChI is InChI=1S/C17H22N2O2/c1-13-8-9-14(2)19(13)11-17(21)18-16(12-20)10-15-6-4-3-5-7-15/h3-9,16,20H,10-12H2,1-2H3,(H,18,21). The maximum Gasteiger partial charge on any atom is 0.240 e. The van der Waals surface area contributed by atoms with E-state index in [1.165, 1.54) is 0 Å². The minimum absolute atomic E-state index is 0.0652. The van der Waals surface area contributed by atoms with Crippen LogP contribution in [0, 0.1) is 13.8 Å². The number of benzene rings is 1. The number of aliphatic hydroxyl groups excluding tert-OH is 1. The summed E-state index contributed by atoms with van der Waals surface area (Å²) in [6.07, 6.45) is 0.632. The molecule has 2 rings (SSSR count). The highest BCUT2D eigenvalue weighted by atomic mass is 16.3. The number of aliphatic hydroxyl groups is 1. The molecule has 1 aromatic carbocycles. The van der Waals surface area contributed by atoms with Crippen molar-refractivity contribution in [2.45, 2.75) is 32.9 Å². The molecule has 21 heavy (non-hydrogen) atoms. The third-order valence-corrected chi connectivity index (χ3v) is 3.63. The molecule has 0 fully saturated rings. The van der Waals surface area contributed by atoms with Crippen LogP contribution in [0.25, 0.3) is 0 Å². The van der Waals surface area contributed by atoms with Crippen molar-refractivity contribution in [3.05, 3.63) is 59.4 Å². The van der Waals surface area contributed by atoms with Crippen molar-refractivity contribution >= 4 is 5.91 Å². The van der Waals surface area contributed by atoms with Gasteiger partial charge in [-0.25, -0.2) is 0 Å². The van der Waals surface area contributed by atoms with Crippen molar-refractivity contribution < 1.29 is 9.90 Å². The topological polar surface area (TPSA) is 54.3 Å². The van der Waals surface area contributed by atoms with Gasteiger partial charge in [0, 0.05) is 11.4 Å². The van der Waals surface area contributed by atoms with Crippen LogP contribution in [0.3, 0.4) is 0 Å². The Morgan fingerprint density at radius 1 is 1.14 bits per heavy atom. The maximum atomic E-state index is 12.1. The third kappa shape index (κ3) is 4.20. The average molecular weight is 286 g/mol. The first kappa shape index (κ1) is 15.3. The van der Waals surface area contributed by atoms with Gasteiger partial charge in [-0.1, -0.05) is 30.3 Å². The summed E-state index contributed by atoms with van der Waals surface area (Å²) in [6, 6.07) is 13.6. The van der Waals surface area contributed by atoms with Gasteiger partial charge in [0.25, 0.3) is 0 Å². The van der Waals surface area contributed by atoms with Crippen LogP contribution >= 0.6 is 0 Å². The van der Waals surface area contributed by atoms with Gasteiger partial charge >= 0.3 is 0 Å². The molecule has 0 saturated carbocycles. The zero-order valence-electron chi connectivity index (χ0n) is 12.5. The summed E-state index contributed by atoms with van der Waals surface area (Å²) in [5.74, 6) is -0.0765. The van der Waals surface area contributed by atoms with Gasteiger partial charge in [0.15, 0.2) is 0 Å². The fraction of sp³-hybridized carbons (Fsp3) is 0.353. The second kappa shape index (κ2) is 7.09. The number of rotatable bonds is 6. The maximum absolute atomic E-state index is 12.1. The Morgan fingerprint density at radius 2 is 1.76 bits per heavy atom. The molecular formula is C17H22N2O2. The van der Waals surface area contributed by atoms with E-state index >= 15 is 0 Å². The zero-order chi connectivity index (χ0) is 15.2. The summed E-state index contributed by atoms with van der Waals surface area (Å²) < 4.78 is 1.96. The fourth-order valence-corrected chi connectivity index (χ4v) is 2.43. The Bertz CT molecular complexity index is 571. The lowest BCUT2D eigenvalue weighted by Crippen LogP contribution is -2.41. The highest BCUT2D eigenvalue weighted by Gasteiger charge is 2.13. The summed E-state index contributed by atoms with van der Waals surface area (Å²) in [5, 5.41) is 12.3. The molecule has 4 heteroatoms. The molecule has 0 saturated heterocycles. The minimum atomic E-state index is -0.254. The second-order valence-corrected chi connectivity index (χ2v) is 5.34. The molecule has 1 heterocycles. The van der Waals surface area contributed by atoms with E-state index in [9.17, 15) is 9.90 Å². The Kier molecular flexibility index (Phi) is 5.17. The molecule has 0 bridgehead atoms. The van der Waals surface area contributed by atoms with Crippen molar-refractivity contribution in [3.8, 4) is 0 Å². The summed E-state index contributed by atoms with van der Waals surface area (Å²) in [6.45, 7) is 4.18. The number of amides is 1. The Labute approximate surface area is 125 Å². The fourth-order valence-electron chi connectivity index (χ4n) is 2.43. The van der Waals surface area contributed by atoms with Crippen molar-refractivity contribution in [3.63, 3.8) is 0 Å². The zero-order valence-corrected chi connectivity index (χ0v) is 12.5. The second-order valence-electron chi connectivity index (χ2n) is 5.34. The van der Waals surface area contributed by atoms with Gasteiger partial charge in [-0.2, -0.15) is 0 Å². The van der Waals surface area contributed by atoms with E-state index in [4.69, 9.17) is 0 Å². The molecule has 0 aliphatic rings. The van der Waals surface area contributed by atoms with Crippen LogP contribution in [0.5, 0.6) is 0 Å². The van der Waals surface area contributed by atoms with Crippen LogP contribution in [-0.2, 0) is 17.8 Å². The number of hydrogen-bond acceptors (Lipinski definition) is 2. The van der Waals surface area contributed by atoms with E-state index in [0.717, 1.165) is 17.0 Å². The van der Waals surface area contributed by atoms with E-state index in [1.807, 2.05) is 60.9 Å². The first-order valence-corrected chi connectivity index (χ1v) is 7.17. The number of nitrogens with zero attached hydrogens (tertiary/aromatic N) is 1. The van der Waals surface area contributed by atoms with Gasteiger partial charge < -0.3 is 15.0 Å². The van der Waals surface area contributed by atoms with E-state index < -0.39 is 0 Å². The van der Waals surface area contributed by atoms with Crippen LogP contribution in [0.4, 0.5) is 0 Å². The molecule has 0 radical (unpaired) electrons. The van der Waals surface area contributed by atoms with E-state index in [2.05, 4.69) is 5.32 Å². The first-order valence-electron chi connectivity index (χ1n) is 7.17. The Balaban J connectivity index is 1.94. The number of hydrogen-bond donors (Lipinski definition) is 2. The molecule has 112 valence electrons. The summed E-state index contributed by atoms with van der Waals surface area (Å²) >= 11 is 0. The summed E-state index contributed by atoms with van der Waals surface area (Å²) in [7, 11) is 0. The predicted octanol–water partition coefficient (Wildman–Crippen LogP) is 1.82. The normalized spacial score (nSPS) is 12.1. The molecular weight excluding hydrogens is 264 g/mol. The molecule has 2 aromatic rings. The van der Waals surface area contributed by atoms with Crippen molar-refractivity contribution in [2.24, 2.45) is 0 Å². The minimum Gasteiger partial charge on any atom is -0.394 e. The molecule has 4 nitrogen and oxygen atoms in total. The molecule has 1 atom stereocenters. The first-order chi connectivity index (χ1) is 10.1. The molecule has 0 aliphatic carbocycles. The van der Waals surface area contributed by atoms with E-state index in [1.54, 1.807) is 0 Å². The summed E-state index contributed by atoms with van der Waals surface area (Å²) in [4.78, 5) is 12.1. The third-order valence-electron chi connectivity index (χ3n) is 3.63. The SMILES string of the molecule is Cc1ccc(C)n1CC(=O)NC(CO)Cc1ccccc1. The van der Waals surface area contributed by atoms with Crippen LogP contribution in [0.2, 0.25) is 0 Å². The lowest BCUT2D eigenvalue weighted by Gasteiger charge is -2.17. The van der Waals surface area contributed by atoms with Gasteiger partial charge in [0.2, 0.25) is 5.91 Å². The van der Waals surface area contributed by atoms with Crippen molar-refractivity contribution in [1.82, 2.24) is 9.88 Å². The number of aryl methyl sites for hydroxylation is 2. The van der Waals surface area contributed by atoms with Gasteiger partial charge in [0.05, 0.1) is 12.6 Å². The van der Waals surface area contributed by atoms with Gasteiger partial charge in [-0.05, 0) is 38.0 Å². The van der Waals surface area contributed by atoms with E-state index in [-0.39, 0.29) is 25.1 Å². The lowest BCUT2D eigenvalue weighted by atomic mass is 10.1. The van der Waals surface area contributed by atoms with Crippen LogP contribution in [0.15, 0.2) is 42.5 Å². The molecule has 1 amide bonds. The predicted molar refractivity (Wildman–Crippen MR) is 83.1 cm³/mol. The van der Waals surface area contributed by atoms with Gasteiger partial charge in [-0.15, -0.1) is 0 Å². The monoisotopic (exact) mass is 286 g/mol. The van der Waals surface area contributed by atoms with Crippen LogP contribution in [-0.4, -0.2) is 28.2 Å². The van der Waals surface area contributed by atoms with E-state index in [0.29, 0.717) is 6.42 Å². The smallest absolute Gasteiger partial charge is 0.240 e. The molecule has 1 unspecified atom stereocenters. The quantitative estimate of drug-likeness (QED) is 0.851. The van der Waals surface area contributed by atoms with Gasteiger partial charge in [0.1, 0.15) is 6.54 Å². The number of aromatic nitrogens is 1. The molecule has 1 aromatic heterocycles. The average Bonchev–Trinajstić information content (AvgIpc) is 2.79. The van der Waals surface area contributed by atoms with Gasteiger partial charge in [-0.3, -0.25) is 4.79 Å². The number of nitrogens with one attached hydrogen (secondary N) is 1. The highest BCUT2D eigenvalue weighted by Crippen LogP contribution is 2.07. The van der Waals surface area contributed by atoms with Crippen molar-refractivity contribution in [2.75, 3.05) is 6.61 Å². The Morgan fingerprint density at radius 3 is 2.33 bits per heavy atom.